The van der Waals surface area contributed by atoms with Crippen molar-refractivity contribution in [3.63, 3.8) is 0 Å². The quantitative estimate of drug-likeness (QED) is 0.381. The Morgan fingerprint density at radius 1 is 0.818 bits per heavy atom. The van der Waals surface area contributed by atoms with E-state index in [1.165, 1.54) is 0 Å². The van der Waals surface area contributed by atoms with Gasteiger partial charge in [0.05, 0.1) is 30.8 Å². The van der Waals surface area contributed by atoms with Crippen LogP contribution in [0.2, 0.25) is 0 Å². The van der Waals surface area contributed by atoms with Gasteiger partial charge >= 0.3 is 0 Å². The average molecular weight is 437 g/mol. The fraction of sp³-hybridized carbons (Fsp3) is 0.120. The van der Waals surface area contributed by atoms with Crippen LogP contribution in [0.15, 0.2) is 71.1 Å². The fourth-order valence-corrected chi connectivity index (χ4v) is 4.08. The van der Waals surface area contributed by atoms with Gasteiger partial charge in [-0.15, -0.1) is 10.2 Å². The van der Waals surface area contributed by atoms with E-state index in [0.29, 0.717) is 35.3 Å². The molecule has 0 atom stereocenters. The Morgan fingerprint density at radius 3 is 2.27 bits per heavy atom. The molecule has 3 aromatic carbocycles. The SMILES string of the molecule is COc1cc2nc3c4ccccc4n(Cc4nnc(-c5ccccc5)o4)c3nc2cc1OC. The predicted octanol–water partition coefficient (Wildman–Crippen LogP) is 4.85. The highest BCUT2D eigenvalue weighted by Crippen LogP contribution is 2.34. The zero-order chi connectivity index (χ0) is 22.4. The van der Waals surface area contributed by atoms with Crippen LogP contribution in [0, 0.1) is 0 Å². The van der Waals surface area contributed by atoms with E-state index < -0.39 is 0 Å². The summed E-state index contributed by atoms with van der Waals surface area (Å²) in [5.74, 6) is 2.19. The van der Waals surface area contributed by atoms with E-state index >= 15 is 0 Å². The topological polar surface area (TPSA) is 88.1 Å². The molecule has 0 N–H and O–H groups in total. The van der Waals surface area contributed by atoms with Gasteiger partial charge in [-0.3, -0.25) is 0 Å². The summed E-state index contributed by atoms with van der Waals surface area (Å²) < 4.78 is 18.9. The molecule has 0 aliphatic heterocycles. The van der Waals surface area contributed by atoms with E-state index in [2.05, 4.69) is 14.8 Å². The van der Waals surface area contributed by atoms with Gasteiger partial charge in [0.1, 0.15) is 12.1 Å². The number of nitrogens with zero attached hydrogens (tertiary/aromatic N) is 5. The molecule has 8 nitrogen and oxygen atoms in total. The molecule has 0 fully saturated rings. The lowest BCUT2D eigenvalue weighted by molar-refractivity contribution is 0.355. The van der Waals surface area contributed by atoms with Crippen molar-refractivity contribution in [2.75, 3.05) is 14.2 Å². The van der Waals surface area contributed by atoms with Crippen molar-refractivity contribution in [3.8, 4) is 23.0 Å². The van der Waals surface area contributed by atoms with Crippen molar-refractivity contribution in [3.05, 3.63) is 72.6 Å². The summed E-state index contributed by atoms with van der Waals surface area (Å²) in [6.45, 7) is 0.372. The maximum atomic E-state index is 5.97. The van der Waals surface area contributed by atoms with Gasteiger partial charge < -0.3 is 18.5 Å². The lowest BCUT2D eigenvalue weighted by Gasteiger charge is -2.09. The molecule has 0 radical (unpaired) electrons. The second kappa shape index (κ2) is 7.59. The summed E-state index contributed by atoms with van der Waals surface area (Å²) in [5.41, 5.74) is 4.84. The van der Waals surface area contributed by atoms with Crippen LogP contribution in [0.1, 0.15) is 5.89 Å². The first-order valence-electron chi connectivity index (χ1n) is 10.4. The van der Waals surface area contributed by atoms with Gasteiger partial charge in [0.25, 0.3) is 0 Å². The Kier molecular flexibility index (Phi) is 4.43. The van der Waals surface area contributed by atoms with Gasteiger partial charge in [-0.2, -0.15) is 0 Å². The number of aromatic nitrogens is 5. The van der Waals surface area contributed by atoms with Crippen LogP contribution in [-0.4, -0.2) is 39.0 Å². The molecule has 0 saturated carbocycles. The van der Waals surface area contributed by atoms with E-state index in [1.807, 2.05) is 66.7 Å². The van der Waals surface area contributed by atoms with Crippen LogP contribution in [0.4, 0.5) is 0 Å². The minimum atomic E-state index is 0.372. The summed E-state index contributed by atoms with van der Waals surface area (Å²) in [7, 11) is 3.21. The van der Waals surface area contributed by atoms with Gasteiger partial charge in [-0.1, -0.05) is 36.4 Å². The lowest BCUT2D eigenvalue weighted by Crippen LogP contribution is -2.02. The van der Waals surface area contributed by atoms with E-state index in [4.69, 9.17) is 23.9 Å². The van der Waals surface area contributed by atoms with Crippen LogP contribution >= 0.6 is 0 Å². The Labute approximate surface area is 188 Å². The van der Waals surface area contributed by atoms with Gasteiger partial charge in [-0.25, -0.2) is 9.97 Å². The van der Waals surface area contributed by atoms with Gasteiger partial charge in [-0.05, 0) is 18.2 Å². The number of hydrogen-bond donors (Lipinski definition) is 0. The largest absolute Gasteiger partial charge is 0.493 e. The molecule has 6 aromatic rings. The molecule has 6 rings (SSSR count). The van der Waals surface area contributed by atoms with Crippen LogP contribution in [0.5, 0.6) is 11.5 Å². The molecular formula is C25H19N5O3. The smallest absolute Gasteiger partial charge is 0.247 e. The van der Waals surface area contributed by atoms with Crippen molar-refractivity contribution in [1.82, 2.24) is 24.7 Å². The summed E-state index contributed by atoms with van der Waals surface area (Å²) in [5, 5.41) is 9.49. The standard InChI is InChI=1S/C25H19N5O3/c1-31-20-12-17-18(13-21(20)32-2)27-24-23(26-17)16-10-6-7-11-19(16)30(24)14-22-28-29-25(33-22)15-8-4-3-5-9-15/h3-13H,14H2,1-2H3. The first-order chi connectivity index (χ1) is 16.2. The summed E-state index contributed by atoms with van der Waals surface area (Å²) >= 11 is 0. The average Bonchev–Trinajstić information content (AvgIpc) is 3.46. The van der Waals surface area contributed by atoms with Crippen LogP contribution < -0.4 is 9.47 Å². The Balaban J connectivity index is 1.53. The normalized spacial score (nSPS) is 11.5. The molecule has 0 spiro atoms. The lowest BCUT2D eigenvalue weighted by atomic mass is 10.2. The molecule has 3 aromatic heterocycles. The minimum Gasteiger partial charge on any atom is -0.493 e. The molecule has 0 unspecified atom stereocenters. The van der Waals surface area contributed by atoms with Gasteiger partial charge in [0.2, 0.25) is 11.8 Å². The number of methoxy groups -OCH3 is 2. The Bertz CT molecular complexity index is 1620. The maximum absolute atomic E-state index is 5.97. The summed E-state index contributed by atoms with van der Waals surface area (Å²) in [6.07, 6.45) is 0. The van der Waals surface area contributed by atoms with Crippen LogP contribution in [0.25, 0.3) is 44.6 Å². The Morgan fingerprint density at radius 2 is 1.52 bits per heavy atom. The van der Waals surface area contributed by atoms with E-state index in [9.17, 15) is 0 Å². The third kappa shape index (κ3) is 3.15. The van der Waals surface area contributed by atoms with Crippen LogP contribution in [0.3, 0.4) is 0 Å². The van der Waals surface area contributed by atoms with Crippen molar-refractivity contribution >= 4 is 33.1 Å². The fourth-order valence-electron chi connectivity index (χ4n) is 4.08. The first-order valence-corrected chi connectivity index (χ1v) is 10.4. The zero-order valence-corrected chi connectivity index (χ0v) is 18.0. The van der Waals surface area contributed by atoms with Crippen molar-refractivity contribution in [2.45, 2.75) is 6.54 Å². The van der Waals surface area contributed by atoms with Crippen LogP contribution in [-0.2, 0) is 6.54 Å². The van der Waals surface area contributed by atoms with Crippen molar-refractivity contribution in [2.24, 2.45) is 0 Å². The zero-order valence-electron chi connectivity index (χ0n) is 18.0. The molecule has 3 heterocycles. The number of fused-ring (bicyclic) bond motifs is 4. The van der Waals surface area contributed by atoms with E-state index in [1.54, 1.807) is 14.2 Å². The molecule has 0 saturated heterocycles. The van der Waals surface area contributed by atoms with E-state index in [0.717, 1.165) is 33.1 Å². The number of rotatable bonds is 5. The molecule has 33 heavy (non-hydrogen) atoms. The molecule has 162 valence electrons. The Hall–Kier alpha value is -4.46. The minimum absolute atomic E-state index is 0.372. The molecule has 0 bridgehead atoms. The maximum Gasteiger partial charge on any atom is 0.247 e. The molecule has 0 amide bonds. The highest BCUT2D eigenvalue weighted by molar-refractivity contribution is 6.06. The first kappa shape index (κ1) is 19.2. The summed E-state index contributed by atoms with van der Waals surface area (Å²) in [6, 6.07) is 21.5. The third-order valence-corrected chi connectivity index (χ3v) is 5.64. The number of hydrogen-bond acceptors (Lipinski definition) is 7. The summed E-state index contributed by atoms with van der Waals surface area (Å²) in [4.78, 5) is 9.85. The predicted molar refractivity (Wildman–Crippen MR) is 124 cm³/mol. The number of benzene rings is 3. The third-order valence-electron chi connectivity index (χ3n) is 5.64. The molecular weight excluding hydrogens is 418 g/mol. The highest BCUT2D eigenvalue weighted by atomic mass is 16.5. The molecule has 0 aliphatic rings. The second-order valence-corrected chi connectivity index (χ2v) is 7.56. The molecule has 8 heteroatoms. The van der Waals surface area contributed by atoms with Gasteiger partial charge in [0.15, 0.2) is 17.1 Å². The van der Waals surface area contributed by atoms with E-state index in [-0.39, 0.29) is 0 Å². The highest BCUT2D eigenvalue weighted by Gasteiger charge is 2.18. The van der Waals surface area contributed by atoms with Gasteiger partial charge in [0, 0.05) is 23.1 Å². The molecule has 0 aliphatic carbocycles. The number of para-hydroxylation sites is 1. The monoisotopic (exact) mass is 437 g/mol. The number of ether oxygens (including phenoxy) is 2. The van der Waals surface area contributed by atoms with Crippen molar-refractivity contribution in [1.29, 1.82) is 0 Å². The second-order valence-electron chi connectivity index (χ2n) is 7.56. The van der Waals surface area contributed by atoms with Crippen molar-refractivity contribution < 1.29 is 13.9 Å².